The molecule has 1 atom stereocenters. The molecule has 0 amide bonds. The van der Waals surface area contributed by atoms with Crippen LogP contribution in [0, 0.1) is 0 Å². The molecular formula is C18H26Cl2N2O. The van der Waals surface area contributed by atoms with Gasteiger partial charge in [-0.05, 0) is 23.3 Å². The third-order valence-corrected chi connectivity index (χ3v) is 4.46. The summed E-state index contributed by atoms with van der Waals surface area (Å²) >= 11 is 0. The van der Waals surface area contributed by atoms with Crippen LogP contribution < -0.4 is 10.1 Å². The maximum absolute atomic E-state index is 5.68. The fraction of sp³-hybridized carbons (Fsp3) is 0.444. The molecule has 1 fully saturated rings. The topological polar surface area (TPSA) is 24.5 Å². The van der Waals surface area contributed by atoms with Gasteiger partial charge < -0.3 is 10.1 Å². The first kappa shape index (κ1) is 20.0. The first-order valence-corrected chi connectivity index (χ1v) is 7.85. The van der Waals surface area contributed by atoms with Crippen LogP contribution in [0.4, 0.5) is 0 Å². The first-order chi connectivity index (χ1) is 10.3. The molecule has 0 unspecified atom stereocenters. The van der Waals surface area contributed by atoms with Crippen LogP contribution in [0.1, 0.15) is 24.9 Å². The predicted molar refractivity (Wildman–Crippen MR) is 102 cm³/mol. The highest BCUT2D eigenvalue weighted by molar-refractivity contribution is 5.88. The fourth-order valence-corrected chi connectivity index (χ4v) is 3.44. The van der Waals surface area contributed by atoms with Gasteiger partial charge in [0.25, 0.3) is 0 Å². The first-order valence-electron chi connectivity index (χ1n) is 7.85. The minimum Gasteiger partial charge on any atom is -0.496 e. The Morgan fingerprint density at radius 3 is 2.43 bits per heavy atom. The van der Waals surface area contributed by atoms with E-state index in [0.29, 0.717) is 6.04 Å². The van der Waals surface area contributed by atoms with Crippen molar-refractivity contribution >= 4 is 35.6 Å². The lowest BCUT2D eigenvalue weighted by Crippen LogP contribution is -2.45. The molecule has 2 aromatic carbocycles. The SMILES string of the molecule is CC[C@H](c1c(OC)ccc2ccccc12)N1CCNCC1.Cl.Cl. The molecule has 2 aromatic rings. The number of rotatable bonds is 4. The molecule has 1 heterocycles. The number of hydrogen-bond donors (Lipinski definition) is 1. The van der Waals surface area contributed by atoms with Gasteiger partial charge in [-0.25, -0.2) is 0 Å². The molecule has 1 aliphatic rings. The molecule has 23 heavy (non-hydrogen) atoms. The Bertz CT molecular complexity index is 615. The van der Waals surface area contributed by atoms with Crippen molar-refractivity contribution in [2.24, 2.45) is 0 Å². The van der Waals surface area contributed by atoms with Crippen LogP contribution in [0.15, 0.2) is 36.4 Å². The van der Waals surface area contributed by atoms with Gasteiger partial charge in [0.05, 0.1) is 7.11 Å². The zero-order chi connectivity index (χ0) is 14.7. The predicted octanol–water partition coefficient (Wildman–Crippen LogP) is 4.05. The summed E-state index contributed by atoms with van der Waals surface area (Å²) in [6, 6.07) is 13.3. The molecule has 128 valence electrons. The van der Waals surface area contributed by atoms with Gasteiger partial charge >= 0.3 is 0 Å². The van der Waals surface area contributed by atoms with Crippen LogP contribution in [-0.4, -0.2) is 38.2 Å². The minimum absolute atomic E-state index is 0. The van der Waals surface area contributed by atoms with Gasteiger partial charge in [-0.2, -0.15) is 0 Å². The second-order valence-electron chi connectivity index (χ2n) is 5.61. The second-order valence-corrected chi connectivity index (χ2v) is 5.61. The molecule has 0 aliphatic carbocycles. The lowest BCUT2D eigenvalue weighted by molar-refractivity contribution is 0.167. The van der Waals surface area contributed by atoms with Gasteiger partial charge in [-0.15, -0.1) is 24.8 Å². The number of nitrogens with zero attached hydrogens (tertiary/aromatic N) is 1. The largest absolute Gasteiger partial charge is 0.496 e. The van der Waals surface area contributed by atoms with Gasteiger partial charge in [0.15, 0.2) is 0 Å². The average Bonchev–Trinajstić information content (AvgIpc) is 2.56. The standard InChI is InChI=1S/C18H24N2O.2ClH/c1-3-16(20-12-10-19-11-13-20)18-15-7-5-4-6-14(15)8-9-17(18)21-2;;/h4-9,16,19H,3,10-13H2,1-2H3;2*1H/t16-;;/m1../s1. The Balaban J connectivity index is 0.00000132. The number of nitrogens with one attached hydrogen (secondary N) is 1. The van der Waals surface area contributed by atoms with E-state index >= 15 is 0 Å². The van der Waals surface area contributed by atoms with Crippen molar-refractivity contribution in [3.63, 3.8) is 0 Å². The van der Waals surface area contributed by atoms with E-state index in [1.807, 2.05) is 0 Å². The molecule has 1 aliphatic heterocycles. The number of fused-ring (bicyclic) bond motifs is 1. The molecular weight excluding hydrogens is 331 g/mol. The highest BCUT2D eigenvalue weighted by atomic mass is 35.5. The van der Waals surface area contributed by atoms with Crippen molar-refractivity contribution in [2.45, 2.75) is 19.4 Å². The molecule has 1 saturated heterocycles. The van der Waals surface area contributed by atoms with E-state index in [0.717, 1.165) is 38.3 Å². The van der Waals surface area contributed by atoms with Crippen LogP contribution in [0.2, 0.25) is 0 Å². The van der Waals surface area contributed by atoms with Crippen LogP contribution in [-0.2, 0) is 0 Å². The van der Waals surface area contributed by atoms with Crippen LogP contribution >= 0.6 is 24.8 Å². The Morgan fingerprint density at radius 1 is 1.09 bits per heavy atom. The van der Waals surface area contributed by atoms with E-state index in [9.17, 15) is 0 Å². The fourth-order valence-electron chi connectivity index (χ4n) is 3.44. The van der Waals surface area contributed by atoms with Crippen molar-refractivity contribution in [3.8, 4) is 5.75 Å². The molecule has 0 aromatic heterocycles. The number of halogens is 2. The summed E-state index contributed by atoms with van der Waals surface area (Å²) in [4.78, 5) is 2.58. The number of piperazine rings is 1. The van der Waals surface area contributed by atoms with Crippen LogP contribution in [0.3, 0.4) is 0 Å². The molecule has 0 spiro atoms. The third kappa shape index (κ3) is 4.10. The minimum atomic E-state index is 0. The van der Waals surface area contributed by atoms with E-state index in [-0.39, 0.29) is 24.8 Å². The van der Waals surface area contributed by atoms with Gasteiger partial charge in [0.2, 0.25) is 0 Å². The van der Waals surface area contributed by atoms with Gasteiger partial charge in [-0.1, -0.05) is 37.3 Å². The van der Waals surface area contributed by atoms with Crippen molar-refractivity contribution in [1.29, 1.82) is 0 Å². The number of methoxy groups -OCH3 is 1. The molecule has 3 nitrogen and oxygen atoms in total. The summed E-state index contributed by atoms with van der Waals surface area (Å²) in [5, 5.41) is 6.05. The number of benzene rings is 2. The molecule has 0 bridgehead atoms. The summed E-state index contributed by atoms with van der Waals surface area (Å²) in [6.07, 6.45) is 1.10. The zero-order valence-electron chi connectivity index (χ0n) is 13.7. The van der Waals surface area contributed by atoms with Crippen molar-refractivity contribution in [3.05, 3.63) is 42.0 Å². The van der Waals surface area contributed by atoms with Crippen LogP contribution in [0.25, 0.3) is 10.8 Å². The summed E-state index contributed by atoms with van der Waals surface area (Å²) in [5.41, 5.74) is 1.35. The summed E-state index contributed by atoms with van der Waals surface area (Å²) in [5.74, 6) is 1.01. The summed E-state index contributed by atoms with van der Waals surface area (Å²) in [7, 11) is 1.78. The quantitative estimate of drug-likeness (QED) is 0.894. The molecule has 3 rings (SSSR count). The normalized spacial score (nSPS) is 16.3. The monoisotopic (exact) mass is 356 g/mol. The van der Waals surface area contributed by atoms with E-state index < -0.39 is 0 Å². The van der Waals surface area contributed by atoms with Crippen molar-refractivity contribution < 1.29 is 4.74 Å². The lowest BCUT2D eigenvalue weighted by Gasteiger charge is -2.35. The van der Waals surface area contributed by atoms with E-state index in [4.69, 9.17) is 4.74 Å². The molecule has 5 heteroatoms. The zero-order valence-corrected chi connectivity index (χ0v) is 15.4. The average molecular weight is 357 g/mol. The smallest absolute Gasteiger partial charge is 0.124 e. The molecule has 0 radical (unpaired) electrons. The Labute approximate surface area is 151 Å². The second kappa shape index (κ2) is 9.33. The highest BCUT2D eigenvalue weighted by Gasteiger charge is 2.25. The maximum Gasteiger partial charge on any atom is 0.124 e. The van der Waals surface area contributed by atoms with E-state index in [1.165, 1.54) is 16.3 Å². The Morgan fingerprint density at radius 2 is 1.78 bits per heavy atom. The van der Waals surface area contributed by atoms with Crippen molar-refractivity contribution in [2.75, 3.05) is 33.3 Å². The Hall–Kier alpha value is -1.00. The number of ether oxygens (including phenoxy) is 1. The summed E-state index contributed by atoms with van der Waals surface area (Å²) < 4.78 is 5.68. The Kier molecular flexibility index (Phi) is 8.13. The van der Waals surface area contributed by atoms with Gasteiger partial charge in [0, 0.05) is 37.8 Å². The lowest BCUT2D eigenvalue weighted by atomic mass is 9.94. The van der Waals surface area contributed by atoms with Gasteiger partial charge in [-0.3, -0.25) is 4.90 Å². The molecule has 0 saturated carbocycles. The molecule has 1 N–H and O–H groups in total. The highest BCUT2D eigenvalue weighted by Crippen LogP contribution is 2.37. The third-order valence-electron chi connectivity index (χ3n) is 4.46. The maximum atomic E-state index is 5.68. The van der Waals surface area contributed by atoms with Crippen LogP contribution in [0.5, 0.6) is 5.75 Å². The van der Waals surface area contributed by atoms with E-state index in [1.54, 1.807) is 7.11 Å². The van der Waals surface area contributed by atoms with Gasteiger partial charge in [0.1, 0.15) is 5.75 Å². The van der Waals surface area contributed by atoms with Crippen molar-refractivity contribution in [1.82, 2.24) is 10.2 Å². The van der Waals surface area contributed by atoms with E-state index in [2.05, 4.69) is 53.5 Å². The summed E-state index contributed by atoms with van der Waals surface area (Å²) in [6.45, 7) is 6.62. The number of hydrogen-bond acceptors (Lipinski definition) is 3.